The molecule has 1 aliphatic heterocycles. The molecule has 1 unspecified atom stereocenters. The van der Waals surface area contributed by atoms with Crippen LogP contribution in [0.4, 0.5) is 0 Å². The number of nitrogens with zero attached hydrogens (tertiary/aromatic N) is 5. The maximum absolute atomic E-state index is 4.94. The zero-order valence-corrected chi connectivity index (χ0v) is 14.0. The van der Waals surface area contributed by atoms with E-state index in [-0.39, 0.29) is 0 Å². The fourth-order valence-corrected chi connectivity index (χ4v) is 3.36. The SMILES string of the molecule is CCN1CCCC(c2nc3cccnc3n2CCN(C)C)C1. The van der Waals surface area contributed by atoms with E-state index in [9.17, 15) is 0 Å². The van der Waals surface area contributed by atoms with Crippen molar-refractivity contribution in [2.24, 2.45) is 0 Å². The minimum absolute atomic E-state index is 0.532. The quantitative estimate of drug-likeness (QED) is 0.848. The first-order chi connectivity index (χ1) is 10.7. The zero-order chi connectivity index (χ0) is 15.5. The molecule has 1 saturated heterocycles. The molecule has 3 rings (SSSR count). The summed E-state index contributed by atoms with van der Waals surface area (Å²) in [6, 6.07) is 4.06. The van der Waals surface area contributed by atoms with Crippen molar-refractivity contribution in [1.29, 1.82) is 0 Å². The summed E-state index contributed by atoms with van der Waals surface area (Å²) in [5.41, 5.74) is 2.07. The Morgan fingerprint density at radius 1 is 1.36 bits per heavy atom. The smallest absolute Gasteiger partial charge is 0.160 e. The largest absolute Gasteiger partial charge is 0.311 e. The normalized spacial score (nSPS) is 20.1. The molecule has 0 radical (unpaired) electrons. The Balaban J connectivity index is 1.94. The zero-order valence-electron chi connectivity index (χ0n) is 14.0. The Morgan fingerprint density at radius 2 is 2.23 bits per heavy atom. The van der Waals surface area contributed by atoms with Crippen LogP contribution in [0.25, 0.3) is 11.2 Å². The third-order valence-corrected chi connectivity index (χ3v) is 4.62. The molecule has 0 bridgehead atoms. The lowest BCUT2D eigenvalue weighted by Crippen LogP contribution is -2.35. The average molecular weight is 301 g/mol. The minimum atomic E-state index is 0.532. The Morgan fingerprint density at radius 3 is 3.00 bits per heavy atom. The Labute approximate surface area is 132 Å². The standard InChI is InChI=1S/C17H27N5/c1-4-21-10-6-7-14(13-21)16-19-15-8-5-9-18-17(15)22(16)12-11-20(2)3/h5,8-9,14H,4,6-7,10-13H2,1-3H3. The maximum Gasteiger partial charge on any atom is 0.160 e. The summed E-state index contributed by atoms with van der Waals surface area (Å²) in [4.78, 5) is 14.3. The van der Waals surface area contributed by atoms with Gasteiger partial charge in [0.25, 0.3) is 0 Å². The van der Waals surface area contributed by atoms with E-state index in [0.29, 0.717) is 5.92 Å². The highest BCUT2D eigenvalue weighted by Gasteiger charge is 2.25. The van der Waals surface area contributed by atoms with E-state index in [4.69, 9.17) is 4.98 Å². The molecular weight excluding hydrogens is 274 g/mol. The number of hydrogen-bond donors (Lipinski definition) is 0. The molecule has 2 aromatic heterocycles. The summed E-state index contributed by atoms with van der Waals surface area (Å²) in [7, 11) is 4.23. The summed E-state index contributed by atoms with van der Waals surface area (Å²) in [6.07, 6.45) is 4.38. The van der Waals surface area contributed by atoms with Gasteiger partial charge in [0.1, 0.15) is 11.3 Å². The fourth-order valence-electron chi connectivity index (χ4n) is 3.36. The number of pyridine rings is 1. The van der Waals surface area contributed by atoms with Gasteiger partial charge in [-0.25, -0.2) is 9.97 Å². The summed E-state index contributed by atoms with van der Waals surface area (Å²) in [6.45, 7) is 7.70. The first kappa shape index (κ1) is 15.4. The van der Waals surface area contributed by atoms with Gasteiger partial charge in [0.15, 0.2) is 5.65 Å². The molecule has 0 spiro atoms. The van der Waals surface area contributed by atoms with E-state index in [1.54, 1.807) is 0 Å². The van der Waals surface area contributed by atoms with Crippen LogP contribution >= 0.6 is 0 Å². The molecule has 0 N–H and O–H groups in total. The van der Waals surface area contributed by atoms with Crippen molar-refractivity contribution in [2.45, 2.75) is 32.2 Å². The summed E-state index contributed by atoms with van der Waals surface area (Å²) in [5, 5.41) is 0. The minimum Gasteiger partial charge on any atom is -0.311 e. The van der Waals surface area contributed by atoms with Crippen molar-refractivity contribution >= 4 is 11.2 Å². The van der Waals surface area contributed by atoms with Crippen LogP contribution in [0.1, 0.15) is 31.5 Å². The molecule has 1 atom stereocenters. The van der Waals surface area contributed by atoms with Gasteiger partial charge < -0.3 is 14.4 Å². The van der Waals surface area contributed by atoms with Gasteiger partial charge in [-0.3, -0.25) is 0 Å². The van der Waals surface area contributed by atoms with Crippen LogP contribution in [0.5, 0.6) is 0 Å². The Hall–Kier alpha value is -1.46. The lowest BCUT2D eigenvalue weighted by atomic mass is 9.97. The van der Waals surface area contributed by atoms with Gasteiger partial charge in [0, 0.05) is 31.7 Å². The topological polar surface area (TPSA) is 37.2 Å². The highest BCUT2D eigenvalue weighted by atomic mass is 15.2. The van der Waals surface area contributed by atoms with Crippen molar-refractivity contribution in [2.75, 3.05) is 40.3 Å². The second kappa shape index (κ2) is 6.75. The predicted octanol–water partition coefficient (Wildman–Crippen LogP) is 2.19. The number of piperidine rings is 1. The molecule has 0 amide bonds. The van der Waals surface area contributed by atoms with Crippen LogP contribution < -0.4 is 0 Å². The van der Waals surface area contributed by atoms with Crippen molar-refractivity contribution in [3.63, 3.8) is 0 Å². The first-order valence-corrected chi connectivity index (χ1v) is 8.37. The Bertz CT molecular complexity index is 619. The van der Waals surface area contributed by atoms with Crippen LogP contribution in [-0.4, -0.2) is 64.6 Å². The van der Waals surface area contributed by atoms with Gasteiger partial charge in [-0.05, 0) is 52.2 Å². The second-order valence-electron chi connectivity index (χ2n) is 6.50. The average Bonchev–Trinajstić information content (AvgIpc) is 2.91. The van der Waals surface area contributed by atoms with E-state index in [1.807, 2.05) is 12.3 Å². The fraction of sp³-hybridized carbons (Fsp3) is 0.647. The summed E-state index contributed by atoms with van der Waals surface area (Å²) in [5.74, 6) is 1.76. The van der Waals surface area contributed by atoms with E-state index in [1.165, 1.54) is 25.2 Å². The van der Waals surface area contributed by atoms with E-state index in [0.717, 1.165) is 37.3 Å². The number of hydrogen-bond acceptors (Lipinski definition) is 4. The highest BCUT2D eigenvalue weighted by Crippen LogP contribution is 2.28. The van der Waals surface area contributed by atoms with Crippen LogP contribution in [0.3, 0.4) is 0 Å². The number of aromatic nitrogens is 3. The molecule has 2 aromatic rings. The van der Waals surface area contributed by atoms with E-state index < -0.39 is 0 Å². The third-order valence-electron chi connectivity index (χ3n) is 4.62. The van der Waals surface area contributed by atoms with Gasteiger partial charge in [0.05, 0.1) is 0 Å². The third kappa shape index (κ3) is 3.15. The molecule has 22 heavy (non-hydrogen) atoms. The van der Waals surface area contributed by atoms with Crippen molar-refractivity contribution in [3.8, 4) is 0 Å². The monoisotopic (exact) mass is 301 g/mol. The molecule has 5 heteroatoms. The predicted molar refractivity (Wildman–Crippen MR) is 90.2 cm³/mol. The number of likely N-dealkylation sites (tertiary alicyclic amines) is 1. The second-order valence-corrected chi connectivity index (χ2v) is 6.50. The molecule has 0 saturated carbocycles. The molecule has 1 fully saturated rings. The molecular formula is C17H27N5. The van der Waals surface area contributed by atoms with Crippen molar-refractivity contribution in [3.05, 3.63) is 24.2 Å². The molecule has 0 aromatic carbocycles. The van der Waals surface area contributed by atoms with Crippen molar-refractivity contribution < 1.29 is 0 Å². The molecule has 0 aliphatic carbocycles. The number of rotatable bonds is 5. The molecule has 3 heterocycles. The van der Waals surface area contributed by atoms with Gasteiger partial charge in [0.2, 0.25) is 0 Å². The lowest BCUT2D eigenvalue weighted by Gasteiger charge is -2.31. The maximum atomic E-state index is 4.94. The number of imidazole rings is 1. The van der Waals surface area contributed by atoms with Crippen LogP contribution in [0.2, 0.25) is 0 Å². The van der Waals surface area contributed by atoms with Gasteiger partial charge in [-0.15, -0.1) is 0 Å². The van der Waals surface area contributed by atoms with Crippen LogP contribution in [0.15, 0.2) is 18.3 Å². The first-order valence-electron chi connectivity index (χ1n) is 8.37. The van der Waals surface area contributed by atoms with Crippen LogP contribution in [0, 0.1) is 0 Å². The van der Waals surface area contributed by atoms with Gasteiger partial charge in [-0.2, -0.15) is 0 Å². The van der Waals surface area contributed by atoms with E-state index >= 15 is 0 Å². The highest BCUT2D eigenvalue weighted by molar-refractivity contribution is 5.71. The van der Waals surface area contributed by atoms with Gasteiger partial charge >= 0.3 is 0 Å². The van der Waals surface area contributed by atoms with Gasteiger partial charge in [-0.1, -0.05) is 6.92 Å². The molecule has 5 nitrogen and oxygen atoms in total. The molecule has 120 valence electrons. The lowest BCUT2D eigenvalue weighted by molar-refractivity contribution is 0.211. The van der Waals surface area contributed by atoms with E-state index in [2.05, 4.69) is 46.4 Å². The summed E-state index contributed by atoms with van der Waals surface area (Å²) >= 11 is 0. The molecule has 1 aliphatic rings. The number of likely N-dealkylation sites (N-methyl/N-ethyl adjacent to an activating group) is 2. The Kier molecular flexibility index (Phi) is 4.74. The number of fused-ring (bicyclic) bond motifs is 1. The summed E-state index contributed by atoms with van der Waals surface area (Å²) < 4.78 is 2.35. The van der Waals surface area contributed by atoms with Crippen molar-refractivity contribution in [1.82, 2.24) is 24.3 Å². The van der Waals surface area contributed by atoms with Crippen LogP contribution in [-0.2, 0) is 6.54 Å².